The van der Waals surface area contributed by atoms with Gasteiger partial charge in [0.1, 0.15) is 6.04 Å². The molecule has 2 aromatic rings. The molecule has 1 unspecified atom stereocenters. The van der Waals surface area contributed by atoms with Crippen molar-refractivity contribution in [2.45, 2.75) is 39.7 Å². The first-order chi connectivity index (χ1) is 9.66. The van der Waals surface area contributed by atoms with E-state index in [2.05, 4.69) is 18.3 Å². The Kier molecular flexibility index (Phi) is 4.23. The molecule has 1 atom stereocenters. The van der Waals surface area contributed by atoms with Crippen LogP contribution in [0.5, 0.6) is 0 Å². The standard InChI is InChI=1S/C14H14N2O2.C2H6/c1-9-3-2-4-11-10(9)7-8-16(11)12-5-6-13(17)15-14(12)18;1-2/h2-4,7-8,12H,5-6H2,1H3,(H,15,17,18);1-2H3. The van der Waals surface area contributed by atoms with Gasteiger partial charge < -0.3 is 4.57 Å². The van der Waals surface area contributed by atoms with Crippen LogP contribution in [0.3, 0.4) is 0 Å². The molecule has 20 heavy (non-hydrogen) atoms. The predicted molar refractivity (Wildman–Crippen MR) is 79.4 cm³/mol. The third kappa shape index (κ3) is 2.46. The molecule has 1 aromatic carbocycles. The van der Waals surface area contributed by atoms with Gasteiger partial charge in [-0.05, 0) is 31.0 Å². The Balaban J connectivity index is 0.000000704. The first-order valence-electron chi connectivity index (χ1n) is 7.06. The Hall–Kier alpha value is -2.10. The molecule has 2 heterocycles. The van der Waals surface area contributed by atoms with Crippen molar-refractivity contribution in [1.29, 1.82) is 0 Å². The molecule has 1 saturated heterocycles. The summed E-state index contributed by atoms with van der Waals surface area (Å²) < 4.78 is 1.96. The number of rotatable bonds is 1. The fourth-order valence-electron chi connectivity index (χ4n) is 2.56. The van der Waals surface area contributed by atoms with Crippen LogP contribution in [0.25, 0.3) is 10.9 Å². The van der Waals surface area contributed by atoms with Crippen molar-refractivity contribution in [1.82, 2.24) is 9.88 Å². The van der Waals surface area contributed by atoms with E-state index in [0.29, 0.717) is 12.8 Å². The topological polar surface area (TPSA) is 51.1 Å². The molecule has 0 aliphatic carbocycles. The Morgan fingerprint density at radius 1 is 1.20 bits per heavy atom. The third-order valence-electron chi connectivity index (χ3n) is 3.53. The van der Waals surface area contributed by atoms with Crippen molar-refractivity contribution in [2.24, 2.45) is 0 Å². The molecule has 4 nitrogen and oxygen atoms in total. The van der Waals surface area contributed by atoms with Crippen molar-refractivity contribution < 1.29 is 9.59 Å². The Labute approximate surface area is 118 Å². The van der Waals surface area contributed by atoms with E-state index in [-0.39, 0.29) is 17.9 Å². The molecule has 0 radical (unpaired) electrons. The fourth-order valence-corrected chi connectivity index (χ4v) is 2.56. The summed E-state index contributed by atoms with van der Waals surface area (Å²) in [7, 11) is 0. The molecule has 0 saturated carbocycles. The molecule has 1 aromatic heterocycles. The normalized spacial score (nSPS) is 18.4. The van der Waals surface area contributed by atoms with E-state index in [1.165, 1.54) is 5.56 Å². The highest BCUT2D eigenvalue weighted by atomic mass is 16.2. The average molecular weight is 272 g/mol. The number of piperidine rings is 1. The molecule has 1 fully saturated rings. The second kappa shape index (κ2) is 5.90. The Morgan fingerprint density at radius 2 is 1.95 bits per heavy atom. The number of nitrogens with zero attached hydrogens (tertiary/aromatic N) is 1. The second-order valence-corrected chi connectivity index (χ2v) is 4.70. The lowest BCUT2D eigenvalue weighted by Crippen LogP contribution is -2.41. The van der Waals surface area contributed by atoms with Gasteiger partial charge in [-0.1, -0.05) is 26.0 Å². The van der Waals surface area contributed by atoms with Gasteiger partial charge in [-0.15, -0.1) is 0 Å². The minimum Gasteiger partial charge on any atom is -0.335 e. The maximum absolute atomic E-state index is 11.9. The van der Waals surface area contributed by atoms with E-state index < -0.39 is 0 Å². The van der Waals surface area contributed by atoms with Gasteiger partial charge in [0.2, 0.25) is 11.8 Å². The fraction of sp³-hybridized carbons (Fsp3) is 0.375. The van der Waals surface area contributed by atoms with E-state index in [9.17, 15) is 9.59 Å². The van der Waals surface area contributed by atoms with Gasteiger partial charge in [-0.3, -0.25) is 14.9 Å². The van der Waals surface area contributed by atoms with Crippen LogP contribution in [0.2, 0.25) is 0 Å². The number of amides is 2. The van der Waals surface area contributed by atoms with Crippen LogP contribution in [0.4, 0.5) is 0 Å². The lowest BCUT2D eigenvalue weighted by Gasteiger charge is -2.23. The van der Waals surface area contributed by atoms with Gasteiger partial charge >= 0.3 is 0 Å². The number of aryl methyl sites for hydroxylation is 1. The van der Waals surface area contributed by atoms with Crippen LogP contribution in [0, 0.1) is 6.92 Å². The van der Waals surface area contributed by atoms with Gasteiger partial charge in [0.25, 0.3) is 0 Å². The second-order valence-electron chi connectivity index (χ2n) is 4.70. The Morgan fingerprint density at radius 3 is 2.65 bits per heavy atom. The summed E-state index contributed by atoms with van der Waals surface area (Å²) in [4.78, 5) is 23.0. The quantitative estimate of drug-likeness (QED) is 0.811. The number of nitrogens with one attached hydrogen (secondary N) is 1. The van der Waals surface area contributed by atoms with Crippen molar-refractivity contribution >= 4 is 22.7 Å². The molecule has 0 spiro atoms. The highest BCUT2D eigenvalue weighted by Crippen LogP contribution is 2.26. The summed E-state index contributed by atoms with van der Waals surface area (Å²) in [6.07, 6.45) is 2.90. The van der Waals surface area contributed by atoms with E-state index in [4.69, 9.17) is 0 Å². The zero-order valence-corrected chi connectivity index (χ0v) is 12.1. The number of fused-ring (bicyclic) bond motifs is 1. The minimum atomic E-state index is -0.276. The SMILES string of the molecule is CC.Cc1cccc2c1ccn2C1CCC(=O)NC1=O. The van der Waals surface area contributed by atoms with Crippen LogP contribution < -0.4 is 5.32 Å². The van der Waals surface area contributed by atoms with Gasteiger partial charge in [0.05, 0.1) is 0 Å². The lowest BCUT2D eigenvalue weighted by atomic mass is 10.1. The third-order valence-corrected chi connectivity index (χ3v) is 3.53. The van der Waals surface area contributed by atoms with Crippen LogP contribution in [0.1, 0.15) is 38.3 Å². The monoisotopic (exact) mass is 272 g/mol. The maximum Gasteiger partial charge on any atom is 0.249 e. The molecular weight excluding hydrogens is 252 g/mol. The van der Waals surface area contributed by atoms with Crippen LogP contribution in [-0.2, 0) is 9.59 Å². The van der Waals surface area contributed by atoms with E-state index >= 15 is 0 Å². The zero-order chi connectivity index (χ0) is 14.7. The highest BCUT2D eigenvalue weighted by molar-refractivity contribution is 6.00. The number of carbonyl (C=O) groups excluding carboxylic acids is 2. The summed E-state index contributed by atoms with van der Waals surface area (Å²) in [5.74, 6) is -0.380. The smallest absolute Gasteiger partial charge is 0.249 e. The van der Waals surface area contributed by atoms with Crippen LogP contribution in [0.15, 0.2) is 30.5 Å². The van der Waals surface area contributed by atoms with Gasteiger partial charge in [0.15, 0.2) is 0 Å². The number of benzene rings is 1. The molecular formula is C16H20N2O2. The molecule has 3 rings (SSSR count). The molecule has 1 aliphatic rings. The van der Waals surface area contributed by atoms with E-state index in [1.54, 1.807) is 0 Å². The summed E-state index contributed by atoms with van der Waals surface area (Å²) in [6, 6.07) is 7.79. The molecule has 1 N–H and O–H groups in total. The maximum atomic E-state index is 11.9. The number of carbonyl (C=O) groups is 2. The van der Waals surface area contributed by atoms with Crippen molar-refractivity contribution in [3.05, 3.63) is 36.0 Å². The average Bonchev–Trinajstić information content (AvgIpc) is 2.86. The summed E-state index contributed by atoms with van der Waals surface area (Å²) in [5, 5.41) is 3.55. The van der Waals surface area contributed by atoms with E-state index in [0.717, 1.165) is 10.9 Å². The summed E-state index contributed by atoms with van der Waals surface area (Å²) in [5.41, 5.74) is 2.24. The first-order valence-corrected chi connectivity index (χ1v) is 7.06. The molecule has 2 amide bonds. The van der Waals surface area contributed by atoms with Gasteiger partial charge in [-0.2, -0.15) is 0 Å². The molecule has 0 bridgehead atoms. The lowest BCUT2D eigenvalue weighted by molar-refractivity contribution is -0.135. The molecule has 4 heteroatoms. The van der Waals surface area contributed by atoms with Crippen molar-refractivity contribution in [2.75, 3.05) is 0 Å². The summed E-state index contributed by atoms with van der Waals surface area (Å²) in [6.45, 7) is 6.05. The summed E-state index contributed by atoms with van der Waals surface area (Å²) >= 11 is 0. The highest BCUT2D eigenvalue weighted by Gasteiger charge is 2.28. The number of hydrogen-bond acceptors (Lipinski definition) is 2. The number of aromatic nitrogens is 1. The minimum absolute atomic E-state index is 0.177. The first kappa shape index (κ1) is 14.3. The van der Waals surface area contributed by atoms with Crippen molar-refractivity contribution in [3.8, 4) is 0 Å². The van der Waals surface area contributed by atoms with Crippen LogP contribution >= 0.6 is 0 Å². The number of imide groups is 1. The Bertz CT molecular complexity index is 643. The van der Waals surface area contributed by atoms with Gasteiger partial charge in [-0.25, -0.2) is 0 Å². The van der Waals surface area contributed by atoms with Crippen LogP contribution in [-0.4, -0.2) is 16.4 Å². The van der Waals surface area contributed by atoms with E-state index in [1.807, 2.05) is 42.8 Å². The van der Waals surface area contributed by atoms with Gasteiger partial charge in [0, 0.05) is 23.5 Å². The number of hydrogen-bond donors (Lipinski definition) is 1. The van der Waals surface area contributed by atoms with Crippen molar-refractivity contribution in [3.63, 3.8) is 0 Å². The largest absolute Gasteiger partial charge is 0.335 e. The molecule has 1 aliphatic heterocycles. The molecule has 106 valence electrons. The zero-order valence-electron chi connectivity index (χ0n) is 12.1. The predicted octanol–water partition coefficient (Wildman–Crippen LogP) is 2.95.